The Kier molecular flexibility index (Phi) is 3.89. The van der Waals surface area contributed by atoms with Gasteiger partial charge in [0.05, 0.1) is 0 Å². The predicted octanol–water partition coefficient (Wildman–Crippen LogP) is 2.54. The quantitative estimate of drug-likeness (QED) is 0.769. The zero-order chi connectivity index (χ0) is 13.1. The maximum Gasteiger partial charge on any atom is 0.340 e. The van der Waals surface area contributed by atoms with E-state index in [1.165, 1.54) is 12.3 Å². The molecule has 0 aromatic carbocycles. The minimum atomic E-state index is -4.27. The SMILES string of the molecule is Cc1ccnc(OCC(F)(F)C(F)F)c1C#N. The molecule has 0 unspecified atom stereocenters. The smallest absolute Gasteiger partial charge is 0.340 e. The summed E-state index contributed by atoms with van der Waals surface area (Å²) in [5.74, 6) is -4.63. The number of nitrogens with zero attached hydrogens (tertiary/aromatic N) is 2. The number of aromatic nitrogens is 1. The molecule has 7 heteroatoms. The molecule has 1 aromatic heterocycles. The van der Waals surface area contributed by atoms with E-state index < -0.39 is 19.0 Å². The van der Waals surface area contributed by atoms with Gasteiger partial charge in [-0.1, -0.05) is 0 Å². The van der Waals surface area contributed by atoms with Crippen molar-refractivity contribution < 1.29 is 22.3 Å². The molecule has 0 bridgehead atoms. The fraction of sp³-hybridized carbons (Fsp3) is 0.400. The summed E-state index contributed by atoms with van der Waals surface area (Å²) < 4.78 is 53.4. The maximum atomic E-state index is 12.6. The van der Waals surface area contributed by atoms with Gasteiger partial charge in [0.25, 0.3) is 0 Å². The highest BCUT2D eigenvalue weighted by Crippen LogP contribution is 2.25. The van der Waals surface area contributed by atoms with Gasteiger partial charge in [0.1, 0.15) is 11.6 Å². The highest BCUT2D eigenvalue weighted by atomic mass is 19.3. The van der Waals surface area contributed by atoms with Crippen LogP contribution in [0.1, 0.15) is 11.1 Å². The third-order valence-electron chi connectivity index (χ3n) is 1.96. The molecule has 0 amide bonds. The van der Waals surface area contributed by atoms with E-state index in [1.807, 2.05) is 0 Å². The highest BCUT2D eigenvalue weighted by Gasteiger charge is 2.42. The molecule has 92 valence electrons. The van der Waals surface area contributed by atoms with E-state index in [1.54, 1.807) is 13.0 Å². The minimum absolute atomic E-state index is 0.0439. The number of hydrogen-bond acceptors (Lipinski definition) is 3. The van der Waals surface area contributed by atoms with Crippen molar-refractivity contribution in [1.82, 2.24) is 4.98 Å². The van der Waals surface area contributed by atoms with Gasteiger partial charge in [-0.15, -0.1) is 0 Å². The van der Waals surface area contributed by atoms with Gasteiger partial charge < -0.3 is 4.74 Å². The number of halogens is 4. The molecule has 0 radical (unpaired) electrons. The number of nitriles is 1. The molecule has 1 heterocycles. The number of hydrogen-bond donors (Lipinski definition) is 0. The second-order valence-electron chi connectivity index (χ2n) is 3.27. The van der Waals surface area contributed by atoms with Crippen LogP contribution in [0.15, 0.2) is 12.3 Å². The van der Waals surface area contributed by atoms with Crippen LogP contribution in [0.5, 0.6) is 5.88 Å². The van der Waals surface area contributed by atoms with Crippen LogP contribution in [0.3, 0.4) is 0 Å². The Bertz CT molecular complexity index is 442. The molecule has 1 rings (SSSR count). The lowest BCUT2D eigenvalue weighted by Gasteiger charge is -2.16. The van der Waals surface area contributed by atoms with Gasteiger partial charge in [0.15, 0.2) is 6.61 Å². The molecule has 0 aliphatic rings. The zero-order valence-corrected chi connectivity index (χ0v) is 8.75. The Labute approximate surface area is 94.6 Å². The van der Waals surface area contributed by atoms with Crippen molar-refractivity contribution in [2.24, 2.45) is 0 Å². The van der Waals surface area contributed by atoms with Crippen LogP contribution in [0.4, 0.5) is 17.6 Å². The van der Waals surface area contributed by atoms with E-state index in [-0.39, 0.29) is 11.4 Å². The number of rotatable bonds is 4. The Morgan fingerprint density at radius 3 is 2.71 bits per heavy atom. The van der Waals surface area contributed by atoms with Crippen LogP contribution in [0.2, 0.25) is 0 Å². The van der Waals surface area contributed by atoms with Crippen LogP contribution < -0.4 is 4.74 Å². The van der Waals surface area contributed by atoms with Crippen molar-refractivity contribution in [3.63, 3.8) is 0 Å². The lowest BCUT2D eigenvalue weighted by atomic mass is 10.2. The van der Waals surface area contributed by atoms with E-state index in [0.717, 1.165) is 0 Å². The molecule has 0 spiro atoms. The van der Waals surface area contributed by atoms with Crippen molar-refractivity contribution in [3.8, 4) is 11.9 Å². The summed E-state index contributed by atoms with van der Waals surface area (Å²) in [6, 6.07) is 3.19. The van der Waals surface area contributed by atoms with Gasteiger partial charge >= 0.3 is 12.3 Å². The van der Waals surface area contributed by atoms with Gasteiger partial charge in [-0.25, -0.2) is 13.8 Å². The first-order valence-electron chi connectivity index (χ1n) is 4.53. The number of alkyl halides is 4. The molecule has 0 aliphatic carbocycles. The molecular formula is C10H8F4N2O. The first kappa shape index (κ1) is 13.2. The molecule has 3 nitrogen and oxygen atoms in total. The first-order chi connectivity index (χ1) is 7.88. The monoisotopic (exact) mass is 248 g/mol. The Hall–Kier alpha value is -1.84. The lowest BCUT2D eigenvalue weighted by molar-refractivity contribution is -0.148. The van der Waals surface area contributed by atoms with Crippen molar-refractivity contribution in [1.29, 1.82) is 5.26 Å². The molecule has 0 N–H and O–H groups in total. The van der Waals surface area contributed by atoms with Gasteiger partial charge in [-0.3, -0.25) is 0 Å². The molecule has 0 atom stereocenters. The van der Waals surface area contributed by atoms with E-state index in [9.17, 15) is 17.6 Å². The van der Waals surface area contributed by atoms with E-state index in [4.69, 9.17) is 5.26 Å². The summed E-state index contributed by atoms with van der Waals surface area (Å²) in [6.07, 6.45) is -2.58. The third kappa shape index (κ3) is 3.06. The Morgan fingerprint density at radius 1 is 1.53 bits per heavy atom. The zero-order valence-electron chi connectivity index (χ0n) is 8.75. The van der Waals surface area contributed by atoms with E-state index >= 15 is 0 Å². The summed E-state index contributed by atoms with van der Waals surface area (Å²) in [4.78, 5) is 3.55. The van der Waals surface area contributed by atoms with Crippen LogP contribution in [0, 0.1) is 18.3 Å². The highest BCUT2D eigenvalue weighted by molar-refractivity contribution is 5.43. The summed E-state index contributed by atoms with van der Waals surface area (Å²) >= 11 is 0. The molecule has 0 saturated heterocycles. The van der Waals surface area contributed by atoms with Crippen molar-refractivity contribution in [2.45, 2.75) is 19.3 Å². The predicted molar refractivity (Wildman–Crippen MR) is 50.1 cm³/mol. The Balaban J connectivity index is 2.84. The van der Waals surface area contributed by atoms with Crippen molar-refractivity contribution in [3.05, 3.63) is 23.4 Å². The molecule has 0 fully saturated rings. The molecular weight excluding hydrogens is 240 g/mol. The number of aryl methyl sites for hydroxylation is 1. The lowest BCUT2D eigenvalue weighted by Crippen LogP contribution is -2.34. The average molecular weight is 248 g/mol. The summed E-state index contributed by atoms with van der Waals surface area (Å²) in [6.45, 7) is 0.0359. The van der Waals surface area contributed by atoms with E-state index in [2.05, 4.69) is 9.72 Å². The van der Waals surface area contributed by atoms with Crippen molar-refractivity contribution >= 4 is 0 Å². The van der Waals surface area contributed by atoms with Crippen LogP contribution in [0.25, 0.3) is 0 Å². The van der Waals surface area contributed by atoms with Gasteiger partial charge in [-0.05, 0) is 18.6 Å². The third-order valence-corrected chi connectivity index (χ3v) is 1.96. The molecule has 17 heavy (non-hydrogen) atoms. The van der Waals surface area contributed by atoms with Gasteiger partial charge in [0.2, 0.25) is 5.88 Å². The second kappa shape index (κ2) is 4.99. The van der Waals surface area contributed by atoms with E-state index in [0.29, 0.717) is 5.56 Å². The minimum Gasteiger partial charge on any atom is -0.470 e. The summed E-state index contributed by atoms with van der Waals surface area (Å²) in [5.41, 5.74) is 0.426. The second-order valence-corrected chi connectivity index (χ2v) is 3.27. The molecule has 0 aliphatic heterocycles. The summed E-state index contributed by atoms with van der Waals surface area (Å²) in [5, 5.41) is 8.73. The van der Waals surface area contributed by atoms with Gasteiger partial charge in [0, 0.05) is 6.20 Å². The Morgan fingerprint density at radius 2 is 2.18 bits per heavy atom. The van der Waals surface area contributed by atoms with Crippen LogP contribution >= 0.6 is 0 Å². The maximum absolute atomic E-state index is 12.6. The molecule has 0 saturated carbocycles. The number of pyridine rings is 1. The van der Waals surface area contributed by atoms with Gasteiger partial charge in [-0.2, -0.15) is 14.0 Å². The first-order valence-corrected chi connectivity index (χ1v) is 4.53. The standard InChI is InChI=1S/C10H8F4N2O/c1-6-2-3-16-8(7(6)4-15)17-5-10(13,14)9(11)12/h2-3,9H,5H2,1H3. The molecule has 1 aromatic rings. The number of ether oxygens (including phenoxy) is 1. The van der Waals surface area contributed by atoms with Crippen LogP contribution in [-0.2, 0) is 0 Å². The topological polar surface area (TPSA) is 45.9 Å². The summed E-state index contributed by atoms with van der Waals surface area (Å²) in [7, 11) is 0. The largest absolute Gasteiger partial charge is 0.470 e. The average Bonchev–Trinajstić information content (AvgIpc) is 2.26. The fourth-order valence-corrected chi connectivity index (χ4v) is 1.01. The normalized spacial score (nSPS) is 11.4. The van der Waals surface area contributed by atoms with Crippen molar-refractivity contribution in [2.75, 3.05) is 6.61 Å². The van der Waals surface area contributed by atoms with Crippen LogP contribution in [-0.4, -0.2) is 23.9 Å². The fourth-order valence-electron chi connectivity index (χ4n) is 1.01.